The van der Waals surface area contributed by atoms with E-state index >= 15 is 0 Å². The van der Waals surface area contributed by atoms with E-state index in [1.807, 2.05) is 0 Å². The Morgan fingerprint density at radius 1 is 1.13 bits per heavy atom. The number of ether oxygens (including phenoxy) is 2. The van der Waals surface area contributed by atoms with Crippen molar-refractivity contribution in [3.05, 3.63) is 81.9 Å². The van der Waals surface area contributed by atoms with E-state index in [1.54, 1.807) is 0 Å². The van der Waals surface area contributed by atoms with Crippen molar-refractivity contribution in [2.75, 3.05) is 25.7 Å². The largest absolute Gasteiger partial charge is 0.478 e. The average molecular weight is 570 g/mol. The van der Waals surface area contributed by atoms with E-state index in [4.69, 9.17) is 16.3 Å². The Kier molecular flexibility index (Phi) is 7.35. The fourth-order valence-corrected chi connectivity index (χ4v) is 4.90. The Bertz CT molecular complexity index is 1480. The van der Waals surface area contributed by atoms with Crippen LogP contribution in [-0.2, 0) is 15.1 Å². The number of fused-ring (bicyclic) bond motifs is 1. The van der Waals surface area contributed by atoms with E-state index in [0.717, 1.165) is 31.1 Å². The molecular weight excluding hydrogens is 549 g/mol. The number of carbonyl (C=O) groups excluding carboxylic acids is 2. The third-order valence-electron chi connectivity index (χ3n) is 6.78. The van der Waals surface area contributed by atoms with Gasteiger partial charge in [0, 0.05) is 18.0 Å². The van der Waals surface area contributed by atoms with E-state index in [9.17, 15) is 36.6 Å². The molecule has 1 aliphatic rings. The Balaban J connectivity index is 1.84. The molecule has 6 nitrogen and oxygen atoms in total. The van der Waals surface area contributed by atoms with Crippen molar-refractivity contribution in [2.24, 2.45) is 0 Å². The fourth-order valence-electron chi connectivity index (χ4n) is 4.56. The summed E-state index contributed by atoms with van der Waals surface area (Å²) < 4.78 is 82.6. The molecular formula is C27H21ClF5NO5. The van der Waals surface area contributed by atoms with Crippen LogP contribution in [0.5, 0.6) is 5.75 Å². The molecule has 1 heterocycles. The summed E-state index contributed by atoms with van der Waals surface area (Å²) in [6.45, 7) is 0.559. The van der Waals surface area contributed by atoms with Crippen LogP contribution < -0.4 is 9.64 Å². The van der Waals surface area contributed by atoms with E-state index in [1.165, 1.54) is 37.4 Å². The number of halogens is 6. The van der Waals surface area contributed by atoms with Gasteiger partial charge in [-0.1, -0.05) is 42.8 Å². The lowest BCUT2D eigenvalue weighted by molar-refractivity contribution is -0.274. The second-order valence-corrected chi connectivity index (χ2v) is 9.33. The molecule has 0 bridgehead atoms. The SMILES string of the molecule is COC(=O)c1c(F)cccc1-c1ccc(C(C)C(O)(c2cc(F)c3c(c2)N(C)C(=O)CO3)C(F)(F)F)c(Cl)c1. The summed E-state index contributed by atoms with van der Waals surface area (Å²) in [4.78, 5) is 25.1. The number of hydrogen-bond donors (Lipinski definition) is 1. The molecule has 0 aromatic heterocycles. The highest BCUT2D eigenvalue weighted by molar-refractivity contribution is 6.31. The number of methoxy groups -OCH3 is 1. The van der Waals surface area contributed by atoms with Gasteiger partial charge in [-0.05, 0) is 46.5 Å². The molecule has 1 N–H and O–H groups in total. The summed E-state index contributed by atoms with van der Waals surface area (Å²) >= 11 is 6.38. The lowest BCUT2D eigenvalue weighted by atomic mass is 9.77. The van der Waals surface area contributed by atoms with Crippen molar-refractivity contribution in [2.45, 2.75) is 24.6 Å². The van der Waals surface area contributed by atoms with Crippen molar-refractivity contribution < 1.29 is 46.1 Å². The van der Waals surface area contributed by atoms with E-state index in [0.29, 0.717) is 6.07 Å². The number of alkyl halides is 3. The van der Waals surface area contributed by atoms with Gasteiger partial charge in [-0.25, -0.2) is 13.6 Å². The van der Waals surface area contributed by atoms with Gasteiger partial charge in [-0.3, -0.25) is 4.79 Å². The van der Waals surface area contributed by atoms with Gasteiger partial charge in [-0.15, -0.1) is 0 Å². The molecule has 2 unspecified atom stereocenters. The molecule has 0 radical (unpaired) electrons. The fraction of sp³-hybridized carbons (Fsp3) is 0.259. The number of nitrogens with zero attached hydrogens (tertiary/aromatic N) is 1. The minimum Gasteiger partial charge on any atom is -0.478 e. The molecule has 0 spiro atoms. The quantitative estimate of drug-likeness (QED) is 0.302. The summed E-state index contributed by atoms with van der Waals surface area (Å²) in [6, 6.07) is 8.86. The number of likely N-dealkylation sites (N-methyl/N-ethyl adjacent to an activating group) is 1. The first-order chi connectivity index (χ1) is 18.2. The van der Waals surface area contributed by atoms with Crippen molar-refractivity contribution in [1.82, 2.24) is 0 Å². The molecule has 0 fully saturated rings. The van der Waals surface area contributed by atoms with Crippen molar-refractivity contribution in [3.63, 3.8) is 0 Å². The highest BCUT2D eigenvalue weighted by Gasteiger charge is 2.59. The maximum atomic E-state index is 14.9. The highest BCUT2D eigenvalue weighted by atomic mass is 35.5. The summed E-state index contributed by atoms with van der Waals surface area (Å²) in [5.41, 5.74) is -5.10. The Hall–Kier alpha value is -3.70. The van der Waals surface area contributed by atoms with Crippen molar-refractivity contribution in [1.29, 1.82) is 0 Å². The number of amides is 1. The second kappa shape index (κ2) is 10.1. The van der Waals surface area contributed by atoms with Crippen LogP contribution in [0.3, 0.4) is 0 Å². The van der Waals surface area contributed by atoms with E-state index in [-0.39, 0.29) is 27.4 Å². The number of anilines is 1. The van der Waals surface area contributed by atoms with Crippen LogP contribution >= 0.6 is 11.6 Å². The third-order valence-corrected chi connectivity index (χ3v) is 7.11. The lowest BCUT2D eigenvalue weighted by Crippen LogP contribution is -2.47. The number of carbonyl (C=O) groups is 2. The summed E-state index contributed by atoms with van der Waals surface area (Å²) in [6.07, 6.45) is -5.33. The zero-order chi connectivity index (χ0) is 28.9. The Morgan fingerprint density at radius 2 is 1.82 bits per heavy atom. The van der Waals surface area contributed by atoms with Gasteiger partial charge < -0.3 is 19.5 Å². The van der Waals surface area contributed by atoms with Gasteiger partial charge in [0.05, 0.1) is 12.8 Å². The van der Waals surface area contributed by atoms with Gasteiger partial charge in [0.15, 0.2) is 23.8 Å². The second-order valence-electron chi connectivity index (χ2n) is 8.92. The highest BCUT2D eigenvalue weighted by Crippen LogP contribution is 2.52. The monoisotopic (exact) mass is 569 g/mol. The van der Waals surface area contributed by atoms with Crippen LogP contribution in [0.4, 0.5) is 27.6 Å². The number of benzene rings is 3. The van der Waals surface area contributed by atoms with Crippen LogP contribution in [0.2, 0.25) is 5.02 Å². The minimum atomic E-state index is -5.33. The van der Waals surface area contributed by atoms with E-state index in [2.05, 4.69) is 4.74 Å². The molecule has 0 aliphatic carbocycles. The smallest absolute Gasteiger partial charge is 0.422 e. The summed E-state index contributed by atoms with van der Waals surface area (Å²) in [5.74, 6) is -5.87. The topological polar surface area (TPSA) is 76.1 Å². The van der Waals surface area contributed by atoms with Crippen LogP contribution in [0.25, 0.3) is 11.1 Å². The zero-order valence-electron chi connectivity index (χ0n) is 20.7. The van der Waals surface area contributed by atoms with Gasteiger partial charge in [0.25, 0.3) is 5.91 Å². The van der Waals surface area contributed by atoms with Gasteiger partial charge >= 0.3 is 12.1 Å². The maximum Gasteiger partial charge on any atom is 0.422 e. The van der Waals surface area contributed by atoms with Gasteiger partial charge in [0.1, 0.15) is 11.4 Å². The predicted molar refractivity (Wildman–Crippen MR) is 132 cm³/mol. The number of rotatable bonds is 5. The first-order valence-corrected chi connectivity index (χ1v) is 11.8. The zero-order valence-corrected chi connectivity index (χ0v) is 21.5. The number of hydrogen-bond acceptors (Lipinski definition) is 5. The Labute approximate surface area is 224 Å². The standard InChI is InChI=1S/C27H21ClF5NO5/c1-13(16-8-7-14(9-18(16)28)17-5-4-6-19(29)23(17)25(36)38-3)26(37,27(31,32)33)15-10-20(30)24-21(11-15)34(2)22(35)12-39-24/h4-11,13,37H,12H2,1-3H3. The molecule has 4 rings (SSSR count). The first kappa shape index (κ1) is 28.3. The lowest BCUT2D eigenvalue weighted by Gasteiger charge is -2.38. The number of esters is 1. The van der Waals surface area contributed by atoms with Crippen LogP contribution in [0.1, 0.15) is 34.3 Å². The molecule has 3 aromatic rings. The normalized spacial score (nSPS) is 15.7. The first-order valence-electron chi connectivity index (χ1n) is 11.4. The van der Waals surface area contributed by atoms with E-state index < -0.39 is 64.7 Å². The maximum absolute atomic E-state index is 14.9. The molecule has 1 aliphatic heterocycles. The molecule has 1 amide bonds. The van der Waals surface area contributed by atoms with Crippen LogP contribution in [0.15, 0.2) is 48.5 Å². The predicted octanol–water partition coefficient (Wildman–Crippen LogP) is 5.98. The summed E-state index contributed by atoms with van der Waals surface area (Å²) in [7, 11) is 2.31. The molecule has 0 saturated carbocycles. The average Bonchev–Trinajstić information content (AvgIpc) is 2.88. The van der Waals surface area contributed by atoms with Crippen LogP contribution in [0, 0.1) is 11.6 Å². The van der Waals surface area contributed by atoms with Crippen LogP contribution in [-0.4, -0.2) is 43.9 Å². The van der Waals surface area contributed by atoms with Gasteiger partial charge in [-0.2, -0.15) is 13.2 Å². The molecule has 206 valence electrons. The molecule has 3 aromatic carbocycles. The molecule has 12 heteroatoms. The minimum absolute atomic E-state index is 0.0819. The molecule has 39 heavy (non-hydrogen) atoms. The molecule has 0 saturated heterocycles. The summed E-state index contributed by atoms with van der Waals surface area (Å²) in [5, 5.41) is 11.0. The van der Waals surface area contributed by atoms with Gasteiger partial charge in [0.2, 0.25) is 0 Å². The Morgan fingerprint density at radius 3 is 2.44 bits per heavy atom. The third kappa shape index (κ3) is 4.70. The van der Waals surface area contributed by atoms with Crippen molar-refractivity contribution >= 4 is 29.2 Å². The number of aliphatic hydroxyl groups is 1. The molecule has 2 atom stereocenters. The van der Waals surface area contributed by atoms with Crippen molar-refractivity contribution in [3.8, 4) is 16.9 Å².